The Balaban J connectivity index is 1.72. The first kappa shape index (κ1) is 12.6. The Morgan fingerprint density at radius 2 is 2.16 bits per heavy atom. The summed E-state index contributed by atoms with van der Waals surface area (Å²) >= 11 is 0. The highest BCUT2D eigenvalue weighted by Gasteiger charge is 2.33. The third-order valence-corrected chi connectivity index (χ3v) is 4.51. The van der Waals surface area contributed by atoms with E-state index >= 15 is 0 Å². The second kappa shape index (κ2) is 4.93. The number of hydrogen-bond donors (Lipinski definition) is 1. The van der Waals surface area contributed by atoms with Gasteiger partial charge in [-0.05, 0) is 41.3 Å². The number of rotatable bonds is 3. The third-order valence-electron chi connectivity index (χ3n) is 4.51. The Kier molecular flexibility index (Phi) is 3.28. The van der Waals surface area contributed by atoms with Gasteiger partial charge in [0.05, 0.1) is 0 Å². The van der Waals surface area contributed by atoms with Crippen molar-refractivity contribution in [1.82, 2.24) is 10.3 Å². The fraction of sp³-hybridized carbons (Fsp3) is 0.471. The van der Waals surface area contributed by atoms with E-state index in [0.717, 1.165) is 6.54 Å². The molecule has 100 valence electrons. The lowest BCUT2D eigenvalue weighted by atomic mass is 9.87. The van der Waals surface area contributed by atoms with Crippen LogP contribution in [-0.2, 0) is 6.54 Å². The van der Waals surface area contributed by atoms with Crippen LogP contribution in [0.15, 0.2) is 36.7 Å². The number of fused-ring (bicyclic) bond motifs is 1. The molecule has 0 aliphatic heterocycles. The molecule has 1 atom stereocenters. The first-order valence-electron chi connectivity index (χ1n) is 7.21. The van der Waals surface area contributed by atoms with E-state index in [4.69, 9.17) is 0 Å². The van der Waals surface area contributed by atoms with E-state index in [1.165, 1.54) is 35.6 Å². The van der Waals surface area contributed by atoms with E-state index in [-0.39, 0.29) is 0 Å². The molecule has 1 aromatic heterocycles. The molecule has 1 aliphatic rings. The molecule has 2 heteroatoms. The summed E-state index contributed by atoms with van der Waals surface area (Å²) in [5, 5.41) is 6.23. The fourth-order valence-electron chi connectivity index (χ4n) is 3.19. The van der Waals surface area contributed by atoms with Crippen LogP contribution in [0, 0.1) is 5.41 Å². The zero-order valence-corrected chi connectivity index (χ0v) is 11.8. The lowest BCUT2D eigenvalue weighted by Crippen LogP contribution is -2.37. The summed E-state index contributed by atoms with van der Waals surface area (Å²) in [6, 6.07) is 9.38. The molecule has 2 aromatic rings. The van der Waals surface area contributed by atoms with Crippen molar-refractivity contribution < 1.29 is 0 Å². The maximum absolute atomic E-state index is 4.15. The zero-order chi connectivity index (χ0) is 13.3. The van der Waals surface area contributed by atoms with Crippen LogP contribution in [-0.4, -0.2) is 11.0 Å². The first-order valence-corrected chi connectivity index (χ1v) is 7.21. The van der Waals surface area contributed by atoms with Gasteiger partial charge in [0.25, 0.3) is 0 Å². The molecule has 0 spiro atoms. The quantitative estimate of drug-likeness (QED) is 0.898. The van der Waals surface area contributed by atoms with Gasteiger partial charge in [0.2, 0.25) is 0 Å². The van der Waals surface area contributed by atoms with Crippen molar-refractivity contribution in [3.05, 3.63) is 42.2 Å². The van der Waals surface area contributed by atoms with Gasteiger partial charge in [0.1, 0.15) is 0 Å². The normalized spacial score (nSPS) is 21.9. The Labute approximate surface area is 115 Å². The molecule has 3 rings (SSSR count). The molecule has 1 aliphatic carbocycles. The predicted molar refractivity (Wildman–Crippen MR) is 80.0 cm³/mol. The molecule has 1 unspecified atom stereocenters. The van der Waals surface area contributed by atoms with E-state index in [2.05, 4.69) is 48.4 Å². The number of nitrogens with zero attached hydrogens (tertiary/aromatic N) is 1. The smallest absolute Gasteiger partial charge is 0.0346 e. The van der Waals surface area contributed by atoms with Crippen LogP contribution < -0.4 is 5.32 Å². The van der Waals surface area contributed by atoms with Gasteiger partial charge < -0.3 is 5.32 Å². The summed E-state index contributed by atoms with van der Waals surface area (Å²) in [5.41, 5.74) is 1.81. The molecule has 0 saturated heterocycles. The van der Waals surface area contributed by atoms with Crippen LogP contribution in [0.25, 0.3) is 10.8 Å². The molecule has 0 amide bonds. The molecule has 1 saturated carbocycles. The molecule has 1 heterocycles. The van der Waals surface area contributed by atoms with Crippen LogP contribution in [0.1, 0.15) is 38.7 Å². The van der Waals surface area contributed by atoms with Gasteiger partial charge in [-0.3, -0.25) is 4.98 Å². The van der Waals surface area contributed by atoms with E-state index in [1.807, 2.05) is 12.4 Å². The number of benzene rings is 1. The second-order valence-electron chi connectivity index (χ2n) is 6.37. The number of nitrogens with one attached hydrogen (secondary N) is 1. The molecular weight excluding hydrogens is 232 g/mol. The predicted octanol–water partition coefficient (Wildman–Crippen LogP) is 3.90. The number of hydrogen-bond acceptors (Lipinski definition) is 2. The Hall–Kier alpha value is -1.41. The highest BCUT2D eigenvalue weighted by Crippen LogP contribution is 2.37. The highest BCUT2D eigenvalue weighted by atomic mass is 14.9. The standard InChI is InChI=1S/C17H22N2/c1-17(2)8-3-4-16(17)19-11-13-5-6-15-12-18-9-7-14(15)10-13/h5-7,9-10,12,16,19H,3-4,8,11H2,1-2H3. The van der Waals surface area contributed by atoms with E-state index in [1.54, 1.807) is 0 Å². The molecule has 1 aromatic carbocycles. The van der Waals surface area contributed by atoms with Crippen LogP contribution in [0.3, 0.4) is 0 Å². The van der Waals surface area contributed by atoms with Crippen molar-refractivity contribution in [2.45, 2.75) is 45.7 Å². The minimum atomic E-state index is 0.445. The number of pyridine rings is 1. The zero-order valence-electron chi connectivity index (χ0n) is 11.8. The van der Waals surface area contributed by atoms with E-state index in [9.17, 15) is 0 Å². The maximum Gasteiger partial charge on any atom is 0.0346 e. The molecule has 19 heavy (non-hydrogen) atoms. The lowest BCUT2D eigenvalue weighted by molar-refractivity contribution is 0.282. The monoisotopic (exact) mass is 254 g/mol. The van der Waals surface area contributed by atoms with Crippen molar-refractivity contribution >= 4 is 10.8 Å². The van der Waals surface area contributed by atoms with Crippen LogP contribution >= 0.6 is 0 Å². The Bertz CT molecular complexity index is 574. The average Bonchev–Trinajstić information content (AvgIpc) is 2.75. The highest BCUT2D eigenvalue weighted by molar-refractivity contribution is 5.81. The summed E-state index contributed by atoms with van der Waals surface area (Å²) in [6.45, 7) is 5.72. The van der Waals surface area contributed by atoms with Crippen molar-refractivity contribution in [3.63, 3.8) is 0 Å². The van der Waals surface area contributed by atoms with Gasteiger partial charge in [-0.25, -0.2) is 0 Å². The maximum atomic E-state index is 4.15. The lowest BCUT2D eigenvalue weighted by Gasteiger charge is -2.28. The average molecular weight is 254 g/mol. The van der Waals surface area contributed by atoms with Gasteiger partial charge in [-0.1, -0.05) is 32.4 Å². The summed E-state index contributed by atoms with van der Waals surface area (Å²) in [4.78, 5) is 4.15. The van der Waals surface area contributed by atoms with Crippen molar-refractivity contribution in [2.24, 2.45) is 5.41 Å². The molecule has 1 N–H and O–H groups in total. The molecule has 1 fully saturated rings. The van der Waals surface area contributed by atoms with Crippen molar-refractivity contribution in [1.29, 1.82) is 0 Å². The molecule has 2 nitrogen and oxygen atoms in total. The van der Waals surface area contributed by atoms with Gasteiger partial charge in [0.15, 0.2) is 0 Å². The summed E-state index contributed by atoms with van der Waals surface area (Å²) in [6.07, 6.45) is 7.79. The Morgan fingerprint density at radius 3 is 2.95 bits per heavy atom. The summed E-state index contributed by atoms with van der Waals surface area (Å²) in [5.74, 6) is 0. The van der Waals surface area contributed by atoms with E-state index < -0.39 is 0 Å². The van der Waals surface area contributed by atoms with Crippen molar-refractivity contribution in [3.8, 4) is 0 Å². The van der Waals surface area contributed by atoms with Gasteiger partial charge in [-0.15, -0.1) is 0 Å². The molecule has 0 radical (unpaired) electrons. The van der Waals surface area contributed by atoms with E-state index in [0.29, 0.717) is 11.5 Å². The van der Waals surface area contributed by atoms with Crippen LogP contribution in [0.2, 0.25) is 0 Å². The SMILES string of the molecule is CC1(C)CCCC1NCc1ccc2cnccc2c1. The minimum absolute atomic E-state index is 0.445. The first-order chi connectivity index (χ1) is 9.15. The van der Waals surface area contributed by atoms with Crippen molar-refractivity contribution in [2.75, 3.05) is 0 Å². The van der Waals surface area contributed by atoms with Gasteiger partial charge >= 0.3 is 0 Å². The van der Waals surface area contributed by atoms with Crippen LogP contribution in [0.4, 0.5) is 0 Å². The Morgan fingerprint density at radius 1 is 1.26 bits per heavy atom. The summed E-state index contributed by atoms with van der Waals surface area (Å²) in [7, 11) is 0. The molecular formula is C17H22N2. The van der Waals surface area contributed by atoms with Gasteiger partial charge in [0, 0.05) is 30.4 Å². The summed E-state index contributed by atoms with van der Waals surface area (Å²) < 4.78 is 0. The largest absolute Gasteiger partial charge is 0.309 e. The third kappa shape index (κ3) is 2.64. The number of aromatic nitrogens is 1. The second-order valence-corrected chi connectivity index (χ2v) is 6.37. The topological polar surface area (TPSA) is 24.9 Å². The molecule has 0 bridgehead atoms. The fourth-order valence-corrected chi connectivity index (χ4v) is 3.19. The van der Waals surface area contributed by atoms with Gasteiger partial charge in [-0.2, -0.15) is 0 Å². The minimum Gasteiger partial charge on any atom is -0.309 e. The van der Waals surface area contributed by atoms with Crippen LogP contribution in [0.5, 0.6) is 0 Å².